The summed E-state index contributed by atoms with van der Waals surface area (Å²) < 4.78 is 37.4. The van der Waals surface area contributed by atoms with E-state index in [1.165, 1.54) is 57.2 Å². The molecule has 0 aliphatic rings. The predicted molar refractivity (Wildman–Crippen MR) is 489 cm³/mol. The van der Waals surface area contributed by atoms with E-state index in [9.17, 15) is 73.2 Å². The molecule has 3 rings (SSSR count). The molecule has 3 aromatic rings. The van der Waals surface area contributed by atoms with E-state index in [0.29, 0.717) is 96.7 Å². The van der Waals surface area contributed by atoms with E-state index in [4.69, 9.17) is 96.8 Å². The lowest BCUT2D eigenvalue weighted by molar-refractivity contribution is -0.160. The smallest absolute Gasteiger partial charge is 0.407 e. The van der Waals surface area contributed by atoms with Crippen LogP contribution in [0.3, 0.4) is 0 Å². The van der Waals surface area contributed by atoms with Crippen LogP contribution in [0.1, 0.15) is 268 Å². The second kappa shape index (κ2) is 60.1. The topological polar surface area (TPSA) is 564 Å². The van der Waals surface area contributed by atoms with E-state index in [-0.39, 0.29) is 102 Å². The molecule has 6 atom stereocenters. The average molecular weight is 1860 g/mol. The molecule has 0 spiro atoms. The van der Waals surface area contributed by atoms with E-state index in [0.717, 1.165) is 12.7 Å². The van der Waals surface area contributed by atoms with Crippen LogP contribution in [-0.4, -0.2) is 224 Å². The fraction of sp³-hybridized carbons (Fsp3) is 0.616. The zero-order valence-electron chi connectivity index (χ0n) is 77.7. The van der Waals surface area contributed by atoms with E-state index in [1.807, 2.05) is 30.3 Å². The maximum absolute atomic E-state index is 12.8. The molecule has 0 radical (unpaired) electrons. The number of ether oxygens (including phenoxy) is 7. The van der Waals surface area contributed by atoms with E-state index in [2.05, 4.69) is 46.6 Å². The summed E-state index contributed by atoms with van der Waals surface area (Å²) in [6.07, 6.45) is 3.34. The summed E-state index contributed by atoms with van der Waals surface area (Å²) in [4.78, 5) is 151. The molecule has 0 aliphatic carbocycles. The van der Waals surface area contributed by atoms with E-state index in [1.54, 1.807) is 137 Å². The number of nitrogens with two attached hydrogens (primary N) is 1. The number of ketones is 3. The number of esters is 6. The standard InChI is InChI=1S/C29H45N3O8S.C28H42N6O7S.C21H39N3O6S.C7H5N3O2.CH4O/c1-20(33)23(15-11-12-18-30-27(36)38-19-21-13-9-8-10-14-21)32(37)26(41)31-22(25(35)40-29(5,6)7)16-17-24(34)39-28(2,3)4;1-18(35)22(10-8-9-17-30-24(37)19-11-13-20(14-12-19)32-33-29)34(39)26(42)31-21(25(38)41-28(5,6)7)15-16-23(36)40-27(2,3)4;1-14(25)16(10-8-9-13-22)24(28)19(31)23-15(18(27)30-21(5,6)7)11-12-17(26)29-20(2,3)4;8-10-9-6-3-1-5(2-4-6)7(11)12;1-2/h8-10,13-14,22-23,37H,11-12,15-19H2,1-7H3,(H,30,36)(H,31,41);11-14,21-22,39H,8-10,15-17H2,1-7H3,(H,30,37)(H,31,42);15-16,28H,8-13,22H2,1-7H3,(H,23,31);1-4H,(H,11,12);2H,1H3/t22-,23-;21-,22-;15-,16-;;/m000../s1. The molecule has 0 aliphatic heterocycles. The lowest BCUT2D eigenvalue weighted by Gasteiger charge is -2.30. The first-order valence-corrected chi connectivity index (χ1v) is 42.6. The lowest BCUT2D eigenvalue weighted by Crippen LogP contribution is -2.52. The van der Waals surface area contributed by atoms with Crippen LogP contribution in [0.25, 0.3) is 20.9 Å². The first kappa shape index (κ1) is 119. The molecular formula is C86H135N15O24S3. The second-order valence-electron chi connectivity index (χ2n) is 34.7. The van der Waals surface area contributed by atoms with Crippen molar-refractivity contribution >= 4 is 135 Å². The first-order valence-electron chi connectivity index (χ1n) is 41.3. The molecule has 2 amide bonds. The van der Waals surface area contributed by atoms with Gasteiger partial charge in [0.15, 0.2) is 32.7 Å². The van der Waals surface area contributed by atoms with Crippen molar-refractivity contribution in [3.63, 3.8) is 0 Å². The molecule has 0 unspecified atom stereocenters. The molecular weight excluding hydrogens is 1720 g/mol. The zero-order chi connectivity index (χ0) is 98.7. The molecule has 0 aromatic heterocycles. The van der Waals surface area contributed by atoms with Crippen molar-refractivity contribution in [3.05, 3.63) is 116 Å². The van der Waals surface area contributed by atoms with Crippen LogP contribution in [0.15, 0.2) is 89.1 Å². The second-order valence-corrected chi connectivity index (χ2v) is 35.9. The number of hydrogen-bond donors (Lipinski definition) is 11. The molecule has 0 heterocycles. The molecule has 0 bridgehead atoms. The van der Waals surface area contributed by atoms with Gasteiger partial charge in [0, 0.05) is 66.2 Å². The number of aromatic carboxylic acids is 1. The molecule has 12 N–H and O–H groups in total. The van der Waals surface area contributed by atoms with Crippen LogP contribution in [-0.2, 0) is 82.9 Å². The number of carboxylic acid groups (broad SMARTS) is 1. The van der Waals surface area contributed by atoms with Gasteiger partial charge in [-0.25, -0.2) is 39.2 Å². The highest BCUT2D eigenvalue weighted by atomic mass is 32.1. The first-order chi connectivity index (χ1) is 59.2. The number of alkyl carbamates (subject to hydrolysis) is 1. The SMILES string of the molecule is CC(=O)[C@H](CCCCN)N(O)C(=S)N[C@@H](CCC(=O)OC(C)(C)C)C(=O)OC(C)(C)C.CC(=O)[C@H](CCCCNC(=O)OCc1ccccc1)N(O)C(=S)N[C@@H](CCC(=O)OC(C)(C)C)C(=O)OC(C)(C)C.CC(=O)[C@H](CCCCNC(=O)c1ccc(N=[N+]=[N-])cc1)N(O)C(=S)N[C@@H](CCC(=O)OC(C)(C)C)C(=O)OC(C)(C)C.CO.[N-]=[N+]=Nc1ccc(C(=O)O)cc1. The van der Waals surface area contributed by atoms with Gasteiger partial charge in [0.2, 0.25) is 0 Å². The van der Waals surface area contributed by atoms with Crippen molar-refractivity contribution in [1.82, 2.24) is 41.8 Å². The fourth-order valence-corrected chi connectivity index (χ4v) is 11.3. The van der Waals surface area contributed by atoms with Gasteiger partial charge in [0.25, 0.3) is 5.91 Å². The average Bonchev–Trinajstić information content (AvgIpc) is 0.860. The van der Waals surface area contributed by atoms with Crippen molar-refractivity contribution in [2.75, 3.05) is 26.7 Å². The van der Waals surface area contributed by atoms with Crippen LogP contribution in [0.5, 0.6) is 0 Å². The Labute approximate surface area is 766 Å². The Balaban J connectivity index is 0. The van der Waals surface area contributed by atoms with Crippen LogP contribution >= 0.6 is 36.7 Å². The molecule has 0 saturated carbocycles. The Morgan fingerprint density at radius 2 is 0.711 bits per heavy atom. The Morgan fingerprint density at radius 1 is 0.422 bits per heavy atom. The number of unbranched alkanes of at least 4 members (excludes halogenated alkanes) is 3. The molecule has 716 valence electrons. The number of carbonyl (C=O) groups is 12. The number of nitrogens with one attached hydrogen (secondary N) is 5. The number of aliphatic hydroxyl groups is 1. The summed E-state index contributed by atoms with van der Waals surface area (Å²) in [5.41, 5.74) is 19.8. The number of carboxylic acids is 1. The van der Waals surface area contributed by atoms with Crippen LogP contribution in [0, 0.1) is 0 Å². The minimum Gasteiger partial charge on any atom is -0.478 e. The summed E-state index contributed by atoms with van der Waals surface area (Å²) in [5.74, 6) is -5.73. The van der Waals surface area contributed by atoms with Gasteiger partial charge in [0.05, 0.1) is 5.56 Å². The highest BCUT2D eigenvalue weighted by Crippen LogP contribution is 2.22. The summed E-state index contributed by atoms with van der Waals surface area (Å²) in [6.45, 7) is 36.3. The number of nitrogens with zero attached hydrogens (tertiary/aromatic N) is 9. The molecule has 39 nitrogen and oxygen atoms in total. The van der Waals surface area contributed by atoms with Gasteiger partial charge in [-0.1, -0.05) is 64.8 Å². The minimum atomic E-state index is -1.08. The zero-order valence-corrected chi connectivity index (χ0v) is 80.2. The van der Waals surface area contributed by atoms with Crippen molar-refractivity contribution in [2.45, 2.75) is 318 Å². The van der Waals surface area contributed by atoms with Crippen molar-refractivity contribution in [2.24, 2.45) is 16.0 Å². The monoisotopic (exact) mass is 1860 g/mol. The summed E-state index contributed by atoms with van der Waals surface area (Å²) in [5, 5.41) is 69.0. The number of amides is 2. The third kappa shape index (κ3) is 57.1. The van der Waals surface area contributed by atoms with Gasteiger partial charge in [-0.3, -0.25) is 49.2 Å². The van der Waals surface area contributed by atoms with Crippen LogP contribution < -0.4 is 32.3 Å². The maximum Gasteiger partial charge on any atom is 0.407 e. The van der Waals surface area contributed by atoms with E-state index < -0.39 is 118 Å². The molecule has 3 aromatic carbocycles. The van der Waals surface area contributed by atoms with Crippen LogP contribution in [0.2, 0.25) is 0 Å². The van der Waals surface area contributed by atoms with Gasteiger partial charge in [-0.2, -0.15) is 0 Å². The number of benzene rings is 3. The van der Waals surface area contributed by atoms with Gasteiger partial charge < -0.3 is 75.7 Å². The Bertz CT molecular complexity index is 4130. The third-order valence-electron chi connectivity index (χ3n) is 16.1. The predicted octanol–water partition coefficient (Wildman–Crippen LogP) is 13.7. The van der Waals surface area contributed by atoms with Gasteiger partial charge in [-0.05, 0) is 307 Å². The van der Waals surface area contributed by atoms with E-state index >= 15 is 0 Å². The number of aliphatic hydroxyl groups excluding tert-OH is 1. The lowest BCUT2D eigenvalue weighted by atomic mass is 10.1. The number of carbonyl (C=O) groups excluding carboxylic acids is 11. The number of hydrogen-bond acceptors (Lipinski definition) is 29. The normalized spacial score (nSPS) is 12.5. The summed E-state index contributed by atoms with van der Waals surface area (Å²) in [7, 11) is 1.00. The summed E-state index contributed by atoms with van der Waals surface area (Å²) in [6, 6.07) is 15.1. The highest BCUT2D eigenvalue weighted by Gasteiger charge is 2.36. The van der Waals surface area contributed by atoms with Crippen molar-refractivity contribution < 1.29 is 117 Å². The van der Waals surface area contributed by atoms with Gasteiger partial charge in [0.1, 0.15) is 76.5 Å². The Hall–Kier alpha value is -10.8. The van der Waals surface area contributed by atoms with Crippen molar-refractivity contribution in [1.29, 1.82) is 0 Å². The van der Waals surface area contributed by atoms with Crippen LogP contribution in [0.4, 0.5) is 16.2 Å². The quantitative estimate of drug-likeness (QED) is 0.00367. The number of hydroxylamine groups is 6. The fourth-order valence-electron chi connectivity index (χ4n) is 10.5. The molecule has 0 fully saturated rings. The molecule has 128 heavy (non-hydrogen) atoms. The van der Waals surface area contributed by atoms with Gasteiger partial charge >= 0.3 is 47.9 Å². The molecule has 0 saturated heterocycles. The summed E-state index contributed by atoms with van der Waals surface area (Å²) >= 11 is 15.8. The number of Topliss-reactive ketones (excluding diaryl/α,β-unsaturated/α-hetero) is 3. The Morgan fingerprint density at radius 3 is 0.984 bits per heavy atom. The Kier molecular flexibility index (Phi) is 56.0. The third-order valence-corrected chi connectivity index (χ3v) is 17.0. The van der Waals surface area contributed by atoms with Gasteiger partial charge in [-0.15, -0.1) is 0 Å². The minimum absolute atomic E-state index is 0.00537. The van der Waals surface area contributed by atoms with Crippen molar-refractivity contribution in [3.8, 4) is 0 Å². The molecule has 42 heteroatoms. The highest BCUT2D eigenvalue weighted by molar-refractivity contribution is 7.80. The maximum atomic E-state index is 12.8. The number of rotatable bonds is 41. The number of thiocarbonyl (C=S) groups is 3. The largest absolute Gasteiger partial charge is 0.478 e. The number of azide groups is 2.